The topological polar surface area (TPSA) is 55.1 Å². The first-order chi connectivity index (χ1) is 7.08. The molecule has 0 saturated carbocycles. The molecule has 2 rings (SSSR count). The zero-order valence-electron chi connectivity index (χ0n) is 9.16. The summed E-state index contributed by atoms with van der Waals surface area (Å²) in [6.07, 6.45) is 3.21. The van der Waals surface area contributed by atoms with Gasteiger partial charge < -0.3 is 9.67 Å². The molecule has 1 aliphatic carbocycles. The summed E-state index contributed by atoms with van der Waals surface area (Å²) in [6.45, 7) is 2.23. The molecule has 0 spiro atoms. The van der Waals surface area contributed by atoms with E-state index in [-0.39, 0.29) is 6.42 Å². The van der Waals surface area contributed by atoms with Crippen molar-refractivity contribution >= 4 is 5.97 Å². The van der Waals surface area contributed by atoms with Crippen LogP contribution in [0.1, 0.15) is 30.6 Å². The molecule has 1 aliphatic rings. The molecule has 4 heteroatoms. The quantitative estimate of drug-likeness (QED) is 0.793. The second kappa shape index (κ2) is 3.68. The molecule has 82 valence electrons. The lowest BCUT2D eigenvalue weighted by atomic mass is 9.91. The van der Waals surface area contributed by atoms with Gasteiger partial charge >= 0.3 is 5.97 Å². The van der Waals surface area contributed by atoms with Crippen molar-refractivity contribution in [2.45, 2.75) is 32.6 Å². The van der Waals surface area contributed by atoms with Crippen molar-refractivity contribution in [3.8, 4) is 0 Å². The van der Waals surface area contributed by atoms with E-state index in [0.717, 1.165) is 25.0 Å². The molecule has 1 heterocycles. The van der Waals surface area contributed by atoms with Crippen molar-refractivity contribution in [2.24, 2.45) is 13.0 Å². The lowest BCUT2D eigenvalue weighted by Crippen LogP contribution is -2.14. The summed E-state index contributed by atoms with van der Waals surface area (Å²) in [6, 6.07) is 0. The summed E-state index contributed by atoms with van der Waals surface area (Å²) in [5.41, 5.74) is 2.33. The average molecular weight is 208 g/mol. The SMILES string of the molecule is CC1CCc2nc(CC(=O)O)n(C)c2C1. The van der Waals surface area contributed by atoms with Gasteiger partial charge in [0.15, 0.2) is 0 Å². The van der Waals surface area contributed by atoms with Crippen LogP contribution in [-0.4, -0.2) is 20.6 Å². The van der Waals surface area contributed by atoms with E-state index in [1.807, 2.05) is 11.6 Å². The van der Waals surface area contributed by atoms with Crippen LogP contribution in [0.5, 0.6) is 0 Å². The van der Waals surface area contributed by atoms with E-state index in [0.29, 0.717) is 11.7 Å². The summed E-state index contributed by atoms with van der Waals surface area (Å²) in [5, 5.41) is 8.75. The van der Waals surface area contributed by atoms with E-state index >= 15 is 0 Å². The highest BCUT2D eigenvalue weighted by Crippen LogP contribution is 2.25. The summed E-state index contributed by atoms with van der Waals surface area (Å²) < 4.78 is 1.96. The van der Waals surface area contributed by atoms with Crippen LogP contribution < -0.4 is 0 Å². The highest BCUT2D eigenvalue weighted by atomic mass is 16.4. The van der Waals surface area contributed by atoms with Crippen LogP contribution in [0.3, 0.4) is 0 Å². The average Bonchev–Trinajstić information content (AvgIpc) is 2.44. The van der Waals surface area contributed by atoms with Gasteiger partial charge in [0.2, 0.25) is 0 Å². The number of carboxylic acids is 1. The number of hydrogen-bond acceptors (Lipinski definition) is 2. The van der Waals surface area contributed by atoms with E-state index in [4.69, 9.17) is 5.11 Å². The maximum Gasteiger partial charge on any atom is 0.311 e. The maximum absolute atomic E-state index is 10.6. The number of aromatic nitrogens is 2. The minimum atomic E-state index is -0.812. The van der Waals surface area contributed by atoms with Crippen molar-refractivity contribution in [3.63, 3.8) is 0 Å². The molecule has 1 unspecified atom stereocenters. The Balaban J connectivity index is 2.32. The fourth-order valence-corrected chi connectivity index (χ4v) is 2.21. The lowest BCUT2D eigenvalue weighted by Gasteiger charge is -2.18. The number of carbonyl (C=O) groups is 1. The molecule has 0 fully saturated rings. The van der Waals surface area contributed by atoms with E-state index in [2.05, 4.69) is 11.9 Å². The first-order valence-corrected chi connectivity index (χ1v) is 5.33. The summed E-state index contributed by atoms with van der Waals surface area (Å²) in [7, 11) is 1.92. The number of hydrogen-bond donors (Lipinski definition) is 1. The minimum Gasteiger partial charge on any atom is -0.481 e. The third-order valence-corrected chi connectivity index (χ3v) is 3.11. The molecule has 0 aromatic carbocycles. The Hall–Kier alpha value is -1.32. The van der Waals surface area contributed by atoms with Crippen LogP contribution in [0.4, 0.5) is 0 Å². The van der Waals surface area contributed by atoms with E-state index < -0.39 is 5.97 Å². The Kier molecular flexibility index (Phi) is 2.50. The van der Waals surface area contributed by atoms with Crippen LogP contribution >= 0.6 is 0 Å². The molecule has 4 nitrogen and oxygen atoms in total. The molecule has 0 aliphatic heterocycles. The molecule has 0 bridgehead atoms. The number of nitrogens with zero attached hydrogens (tertiary/aromatic N) is 2. The largest absolute Gasteiger partial charge is 0.481 e. The molecular formula is C11H16N2O2. The monoisotopic (exact) mass is 208 g/mol. The molecule has 1 aromatic rings. The number of fused-ring (bicyclic) bond motifs is 1. The molecular weight excluding hydrogens is 192 g/mol. The first kappa shape index (κ1) is 10.2. The Bertz CT molecular complexity index is 396. The van der Waals surface area contributed by atoms with Crippen molar-refractivity contribution < 1.29 is 9.90 Å². The first-order valence-electron chi connectivity index (χ1n) is 5.33. The highest BCUT2D eigenvalue weighted by Gasteiger charge is 2.22. The second-order valence-corrected chi connectivity index (χ2v) is 4.40. The predicted molar refractivity (Wildman–Crippen MR) is 55.7 cm³/mol. The fraction of sp³-hybridized carbons (Fsp3) is 0.636. The van der Waals surface area contributed by atoms with Gasteiger partial charge in [-0.1, -0.05) is 6.92 Å². The molecule has 1 N–H and O–H groups in total. The molecule has 1 atom stereocenters. The molecule has 0 amide bonds. The smallest absolute Gasteiger partial charge is 0.311 e. The van der Waals surface area contributed by atoms with Crippen LogP contribution in [-0.2, 0) is 31.1 Å². The Morgan fingerprint density at radius 2 is 2.40 bits per heavy atom. The third-order valence-electron chi connectivity index (χ3n) is 3.11. The molecule has 1 aromatic heterocycles. The summed E-state index contributed by atoms with van der Waals surface area (Å²) in [5.74, 6) is 0.556. The van der Waals surface area contributed by atoms with Crippen molar-refractivity contribution in [1.82, 2.24) is 9.55 Å². The number of rotatable bonds is 2. The lowest BCUT2D eigenvalue weighted by molar-refractivity contribution is -0.136. The van der Waals surface area contributed by atoms with Gasteiger partial charge in [-0.05, 0) is 25.2 Å². The number of imidazole rings is 1. The van der Waals surface area contributed by atoms with E-state index in [1.165, 1.54) is 5.69 Å². The fourth-order valence-electron chi connectivity index (χ4n) is 2.21. The van der Waals surface area contributed by atoms with Gasteiger partial charge in [0, 0.05) is 12.7 Å². The van der Waals surface area contributed by atoms with Gasteiger partial charge in [0.25, 0.3) is 0 Å². The van der Waals surface area contributed by atoms with Crippen LogP contribution in [0.2, 0.25) is 0 Å². The van der Waals surface area contributed by atoms with Crippen LogP contribution in [0.25, 0.3) is 0 Å². The summed E-state index contributed by atoms with van der Waals surface area (Å²) >= 11 is 0. The number of carboxylic acid groups (broad SMARTS) is 1. The van der Waals surface area contributed by atoms with Gasteiger partial charge in [-0.15, -0.1) is 0 Å². The second-order valence-electron chi connectivity index (χ2n) is 4.40. The van der Waals surface area contributed by atoms with Gasteiger partial charge in [-0.25, -0.2) is 4.98 Å². The molecule has 0 saturated heterocycles. The third kappa shape index (κ3) is 1.89. The Labute approximate surface area is 88.9 Å². The Morgan fingerprint density at radius 1 is 1.67 bits per heavy atom. The van der Waals surface area contributed by atoms with Crippen LogP contribution in [0.15, 0.2) is 0 Å². The van der Waals surface area contributed by atoms with E-state index in [1.54, 1.807) is 0 Å². The number of aryl methyl sites for hydroxylation is 1. The zero-order valence-corrected chi connectivity index (χ0v) is 9.16. The maximum atomic E-state index is 10.6. The predicted octanol–water partition coefficient (Wildman–Crippen LogP) is 1.17. The van der Waals surface area contributed by atoms with Gasteiger partial charge in [0.1, 0.15) is 12.2 Å². The van der Waals surface area contributed by atoms with Crippen molar-refractivity contribution in [1.29, 1.82) is 0 Å². The Morgan fingerprint density at radius 3 is 3.07 bits per heavy atom. The van der Waals surface area contributed by atoms with Gasteiger partial charge in [-0.3, -0.25) is 4.79 Å². The standard InChI is InChI=1S/C11H16N2O2/c1-7-3-4-8-9(5-7)13(2)10(12-8)6-11(14)15/h7H,3-6H2,1-2H3,(H,14,15). The molecule has 0 radical (unpaired) electrons. The summed E-state index contributed by atoms with van der Waals surface area (Å²) in [4.78, 5) is 15.1. The number of aliphatic carboxylic acids is 1. The van der Waals surface area contributed by atoms with Crippen LogP contribution in [0, 0.1) is 5.92 Å². The van der Waals surface area contributed by atoms with E-state index in [9.17, 15) is 4.79 Å². The minimum absolute atomic E-state index is 0.0257. The van der Waals surface area contributed by atoms with Crippen molar-refractivity contribution in [2.75, 3.05) is 0 Å². The van der Waals surface area contributed by atoms with Gasteiger partial charge in [-0.2, -0.15) is 0 Å². The van der Waals surface area contributed by atoms with Crippen molar-refractivity contribution in [3.05, 3.63) is 17.2 Å². The highest BCUT2D eigenvalue weighted by molar-refractivity contribution is 5.69. The zero-order chi connectivity index (χ0) is 11.0. The molecule has 15 heavy (non-hydrogen) atoms. The normalized spacial score (nSPS) is 20.0. The van der Waals surface area contributed by atoms with Gasteiger partial charge in [0.05, 0.1) is 5.69 Å².